The molecule has 1 aromatic heterocycles. The molecule has 2 aliphatic rings. The van der Waals surface area contributed by atoms with Crippen LogP contribution in [0.3, 0.4) is 0 Å². The first-order valence-electron chi connectivity index (χ1n) is 8.15. The molecular weight excluding hydrogens is 278 g/mol. The van der Waals surface area contributed by atoms with Gasteiger partial charge in [0.2, 0.25) is 0 Å². The first-order valence-corrected chi connectivity index (χ1v) is 8.97. The molecule has 1 atom stereocenters. The zero-order chi connectivity index (χ0) is 14.4. The van der Waals surface area contributed by atoms with Gasteiger partial charge in [0.1, 0.15) is 0 Å². The second kappa shape index (κ2) is 5.16. The Bertz CT molecular complexity index is 657. The topological polar surface area (TPSA) is 42.2 Å². The SMILES string of the molecule is Cc1nc2cc(N3CCCC3C3CCCC3)c(N)cc2s1. The number of aromatic nitrogens is 1. The van der Waals surface area contributed by atoms with Crippen molar-refractivity contribution in [1.29, 1.82) is 0 Å². The van der Waals surface area contributed by atoms with E-state index in [0.29, 0.717) is 6.04 Å². The number of aryl methyl sites for hydroxylation is 1. The van der Waals surface area contributed by atoms with Crippen LogP contribution in [0.2, 0.25) is 0 Å². The van der Waals surface area contributed by atoms with Gasteiger partial charge in [-0.05, 0) is 50.7 Å². The number of nitrogens with zero attached hydrogens (tertiary/aromatic N) is 2. The number of hydrogen-bond acceptors (Lipinski definition) is 4. The summed E-state index contributed by atoms with van der Waals surface area (Å²) in [4.78, 5) is 7.23. The fourth-order valence-electron chi connectivity index (χ4n) is 4.27. The highest BCUT2D eigenvalue weighted by Crippen LogP contribution is 2.41. The van der Waals surface area contributed by atoms with Crippen molar-refractivity contribution in [1.82, 2.24) is 4.98 Å². The van der Waals surface area contributed by atoms with Crippen LogP contribution in [-0.2, 0) is 0 Å². The lowest BCUT2D eigenvalue weighted by atomic mass is 9.95. The molecule has 1 saturated carbocycles. The summed E-state index contributed by atoms with van der Waals surface area (Å²) in [5, 5.41) is 1.12. The highest BCUT2D eigenvalue weighted by Gasteiger charge is 2.34. The molecule has 2 aromatic rings. The Labute approximate surface area is 130 Å². The van der Waals surface area contributed by atoms with Gasteiger partial charge in [-0.15, -0.1) is 11.3 Å². The quantitative estimate of drug-likeness (QED) is 0.839. The van der Waals surface area contributed by atoms with Crippen molar-refractivity contribution in [3.05, 3.63) is 17.1 Å². The molecule has 1 aromatic carbocycles. The number of benzene rings is 1. The van der Waals surface area contributed by atoms with Gasteiger partial charge in [0.15, 0.2) is 0 Å². The molecule has 1 aliphatic heterocycles. The van der Waals surface area contributed by atoms with Gasteiger partial charge in [-0.1, -0.05) is 12.8 Å². The van der Waals surface area contributed by atoms with Crippen molar-refractivity contribution >= 4 is 32.9 Å². The van der Waals surface area contributed by atoms with E-state index < -0.39 is 0 Å². The van der Waals surface area contributed by atoms with Crippen molar-refractivity contribution in [2.45, 2.75) is 51.5 Å². The van der Waals surface area contributed by atoms with Gasteiger partial charge in [0.05, 0.1) is 26.6 Å². The van der Waals surface area contributed by atoms with Crippen LogP contribution in [0, 0.1) is 12.8 Å². The molecule has 4 rings (SSSR count). The summed E-state index contributed by atoms with van der Waals surface area (Å²) in [6.45, 7) is 3.22. The fourth-order valence-corrected chi connectivity index (χ4v) is 5.12. The van der Waals surface area contributed by atoms with E-state index in [0.717, 1.165) is 28.7 Å². The number of nitrogen functional groups attached to an aromatic ring is 1. The van der Waals surface area contributed by atoms with Gasteiger partial charge >= 0.3 is 0 Å². The van der Waals surface area contributed by atoms with E-state index in [9.17, 15) is 0 Å². The van der Waals surface area contributed by atoms with Crippen LogP contribution in [0.4, 0.5) is 11.4 Å². The van der Waals surface area contributed by atoms with Crippen LogP contribution < -0.4 is 10.6 Å². The molecule has 0 spiro atoms. The summed E-state index contributed by atoms with van der Waals surface area (Å²) in [7, 11) is 0. The average Bonchev–Trinajstić information content (AvgIpc) is 3.16. The number of rotatable bonds is 2. The third kappa shape index (κ3) is 2.30. The number of nitrogens with two attached hydrogens (primary N) is 1. The van der Waals surface area contributed by atoms with Gasteiger partial charge in [0, 0.05) is 12.6 Å². The van der Waals surface area contributed by atoms with Gasteiger partial charge in [-0.25, -0.2) is 4.98 Å². The summed E-state index contributed by atoms with van der Waals surface area (Å²) < 4.78 is 1.21. The Morgan fingerprint density at radius 2 is 2.00 bits per heavy atom. The highest BCUT2D eigenvalue weighted by atomic mass is 32.1. The Morgan fingerprint density at radius 1 is 1.19 bits per heavy atom. The van der Waals surface area contributed by atoms with E-state index in [1.165, 1.54) is 48.9 Å². The second-order valence-corrected chi connectivity index (χ2v) is 7.79. The van der Waals surface area contributed by atoms with Crippen molar-refractivity contribution in [2.75, 3.05) is 17.2 Å². The van der Waals surface area contributed by atoms with Gasteiger partial charge in [0.25, 0.3) is 0 Å². The van der Waals surface area contributed by atoms with Crippen LogP contribution in [0.1, 0.15) is 43.5 Å². The van der Waals surface area contributed by atoms with Gasteiger partial charge in [-0.2, -0.15) is 0 Å². The first-order chi connectivity index (χ1) is 10.2. The molecule has 1 aliphatic carbocycles. The predicted molar refractivity (Wildman–Crippen MR) is 91.1 cm³/mol. The fraction of sp³-hybridized carbons (Fsp3) is 0.588. The summed E-state index contributed by atoms with van der Waals surface area (Å²) in [5.41, 5.74) is 9.63. The lowest BCUT2D eigenvalue weighted by Gasteiger charge is -2.32. The van der Waals surface area contributed by atoms with E-state index in [2.05, 4.69) is 28.9 Å². The van der Waals surface area contributed by atoms with Crippen molar-refractivity contribution in [3.63, 3.8) is 0 Å². The smallest absolute Gasteiger partial charge is 0.0907 e. The Balaban J connectivity index is 1.72. The first kappa shape index (κ1) is 13.4. The molecule has 4 heteroatoms. The second-order valence-electron chi connectivity index (χ2n) is 6.56. The lowest BCUT2D eigenvalue weighted by Crippen LogP contribution is -2.35. The van der Waals surface area contributed by atoms with Crippen LogP contribution >= 0.6 is 11.3 Å². The summed E-state index contributed by atoms with van der Waals surface area (Å²) in [6, 6.07) is 5.05. The minimum absolute atomic E-state index is 0.701. The zero-order valence-corrected chi connectivity index (χ0v) is 13.5. The van der Waals surface area contributed by atoms with E-state index in [4.69, 9.17) is 5.73 Å². The predicted octanol–water partition coefficient (Wildman–Crippen LogP) is 4.35. The number of fused-ring (bicyclic) bond motifs is 1. The van der Waals surface area contributed by atoms with E-state index in [1.807, 2.05) is 0 Å². The lowest BCUT2D eigenvalue weighted by molar-refractivity contribution is 0.431. The standard InChI is InChI=1S/C17H23N3S/c1-11-19-14-10-16(13(18)9-17(14)21-11)20-8-4-7-15(20)12-5-2-3-6-12/h9-10,12,15H,2-8,18H2,1H3. The zero-order valence-electron chi connectivity index (χ0n) is 12.6. The van der Waals surface area contributed by atoms with Crippen LogP contribution in [-0.4, -0.2) is 17.6 Å². The molecule has 3 nitrogen and oxygen atoms in total. The molecule has 0 radical (unpaired) electrons. The summed E-state index contributed by atoms with van der Waals surface area (Å²) in [5.74, 6) is 0.875. The molecule has 112 valence electrons. The molecule has 2 N–H and O–H groups in total. The third-order valence-electron chi connectivity index (χ3n) is 5.20. The molecule has 21 heavy (non-hydrogen) atoms. The Morgan fingerprint density at radius 3 is 2.81 bits per heavy atom. The number of anilines is 2. The maximum Gasteiger partial charge on any atom is 0.0907 e. The number of hydrogen-bond donors (Lipinski definition) is 1. The monoisotopic (exact) mass is 301 g/mol. The van der Waals surface area contributed by atoms with Crippen molar-refractivity contribution in [3.8, 4) is 0 Å². The minimum atomic E-state index is 0.701. The third-order valence-corrected chi connectivity index (χ3v) is 6.13. The maximum absolute atomic E-state index is 6.37. The number of thiazole rings is 1. The van der Waals surface area contributed by atoms with Gasteiger partial charge in [-0.3, -0.25) is 0 Å². The van der Waals surface area contributed by atoms with Crippen LogP contribution in [0.5, 0.6) is 0 Å². The van der Waals surface area contributed by atoms with Crippen molar-refractivity contribution < 1.29 is 0 Å². The largest absolute Gasteiger partial charge is 0.397 e. The normalized spacial score (nSPS) is 23.5. The molecule has 1 unspecified atom stereocenters. The van der Waals surface area contributed by atoms with Gasteiger partial charge < -0.3 is 10.6 Å². The summed E-state index contributed by atoms with van der Waals surface area (Å²) >= 11 is 1.73. The Hall–Kier alpha value is -1.29. The molecule has 0 bridgehead atoms. The molecule has 2 heterocycles. The average molecular weight is 301 g/mol. The molecular formula is C17H23N3S. The Kier molecular flexibility index (Phi) is 3.29. The van der Waals surface area contributed by atoms with E-state index in [1.54, 1.807) is 11.3 Å². The maximum atomic E-state index is 6.37. The molecule has 2 fully saturated rings. The molecule has 1 saturated heterocycles. The summed E-state index contributed by atoms with van der Waals surface area (Å²) in [6.07, 6.45) is 8.26. The van der Waals surface area contributed by atoms with E-state index >= 15 is 0 Å². The highest BCUT2D eigenvalue weighted by molar-refractivity contribution is 7.18. The van der Waals surface area contributed by atoms with E-state index in [-0.39, 0.29) is 0 Å². The van der Waals surface area contributed by atoms with Crippen molar-refractivity contribution in [2.24, 2.45) is 5.92 Å². The van der Waals surface area contributed by atoms with Crippen LogP contribution in [0.25, 0.3) is 10.2 Å². The molecule has 0 amide bonds. The minimum Gasteiger partial charge on any atom is -0.397 e. The van der Waals surface area contributed by atoms with Crippen LogP contribution in [0.15, 0.2) is 12.1 Å².